The summed E-state index contributed by atoms with van der Waals surface area (Å²) in [6.07, 6.45) is 1.37. The molecule has 0 bridgehead atoms. The molecule has 3 N–H and O–H groups in total. The Morgan fingerprint density at radius 2 is 2.16 bits per heavy atom. The Kier molecular flexibility index (Phi) is 5.82. The number of aliphatic hydroxyl groups is 1. The lowest BCUT2D eigenvalue weighted by Gasteiger charge is -2.18. The largest absolute Gasteiger partial charge is 0.396 e. The number of urea groups is 1. The van der Waals surface area contributed by atoms with Crippen LogP contribution in [-0.2, 0) is 7.05 Å². The Bertz CT molecular complexity index is 429. The lowest BCUT2D eigenvalue weighted by atomic mass is 10.0. The van der Waals surface area contributed by atoms with E-state index in [9.17, 15) is 4.79 Å². The Morgan fingerprint density at radius 1 is 1.47 bits per heavy atom. The first-order valence-electron chi connectivity index (χ1n) is 6.66. The number of aromatic nitrogens is 2. The van der Waals surface area contributed by atoms with E-state index < -0.39 is 0 Å². The van der Waals surface area contributed by atoms with Gasteiger partial charge >= 0.3 is 6.03 Å². The lowest BCUT2D eigenvalue weighted by Crippen LogP contribution is -2.38. The van der Waals surface area contributed by atoms with Gasteiger partial charge in [0.2, 0.25) is 0 Å². The molecule has 1 heterocycles. The van der Waals surface area contributed by atoms with E-state index in [1.54, 1.807) is 0 Å². The summed E-state index contributed by atoms with van der Waals surface area (Å²) in [5.41, 5.74) is 3.10. The third-order valence-corrected chi connectivity index (χ3v) is 3.25. The Morgan fingerprint density at radius 3 is 2.63 bits per heavy atom. The predicted molar refractivity (Wildman–Crippen MR) is 74.0 cm³/mol. The van der Waals surface area contributed by atoms with Gasteiger partial charge in [0.1, 0.15) is 0 Å². The molecule has 2 amide bonds. The predicted octanol–water partition coefficient (Wildman–Crippen LogP) is 1.17. The van der Waals surface area contributed by atoms with E-state index in [1.807, 2.05) is 32.5 Å². The second-order valence-corrected chi connectivity index (χ2v) is 4.65. The first-order valence-corrected chi connectivity index (χ1v) is 6.66. The molecule has 1 rings (SSSR count). The van der Waals surface area contributed by atoms with Crippen molar-refractivity contribution in [1.82, 2.24) is 20.4 Å². The van der Waals surface area contributed by atoms with Gasteiger partial charge in [-0.2, -0.15) is 5.10 Å². The second-order valence-electron chi connectivity index (χ2n) is 4.65. The van der Waals surface area contributed by atoms with Crippen LogP contribution in [0.15, 0.2) is 0 Å². The molecule has 0 aliphatic carbocycles. The van der Waals surface area contributed by atoms with Crippen LogP contribution in [0.1, 0.15) is 42.8 Å². The monoisotopic (exact) mass is 268 g/mol. The molecule has 6 heteroatoms. The van der Waals surface area contributed by atoms with Crippen molar-refractivity contribution in [1.29, 1.82) is 0 Å². The van der Waals surface area contributed by atoms with E-state index in [0.717, 1.165) is 23.4 Å². The molecule has 0 aromatic carbocycles. The van der Waals surface area contributed by atoms with Crippen LogP contribution in [0.2, 0.25) is 0 Å². The molecule has 19 heavy (non-hydrogen) atoms. The van der Waals surface area contributed by atoms with Gasteiger partial charge in [-0.3, -0.25) is 4.68 Å². The summed E-state index contributed by atoms with van der Waals surface area (Å²) in [6, 6.07) is -0.245. The number of nitrogens with one attached hydrogen (secondary N) is 2. The third-order valence-electron chi connectivity index (χ3n) is 3.25. The minimum atomic E-state index is -0.206. The molecule has 0 fully saturated rings. The fourth-order valence-electron chi connectivity index (χ4n) is 2.16. The number of aryl methyl sites for hydroxylation is 2. The lowest BCUT2D eigenvalue weighted by molar-refractivity contribution is 0.234. The number of hydrogen-bond donors (Lipinski definition) is 3. The van der Waals surface area contributed by atoms with Crippen molar-refractivity contribution in [2.24, 2.45) is 7.05 Å². The average molecular weight is 268 g/mol. The second kappa shape index (κ2) is 7.13. The van der Waals surface area contributed by atoms with Crippen molar-refractivity contribution in [3.63, 3.8) is 0 Å². The van der Waals surface area contributed by atoms with Crippen LogP contribution in [0.3, 0.4) is 0 Å². The van der Waals surface area contributed by atoms with Crippen molar-refractivity contribution in [3.05, 3.63) is 17.0 Å². The molecule has 0 saturated carbocycles. The maximum atomic E-state index is 11.8. The molecule has 1 aromatic heterocycles. The van der Waals surface area contributed by atoms with Gasteiger partial charge in [0, 0.05) is 31.5 Å². The molecule has 6 nitrogen and oxygen atoms in total. The number of rotatable bonds is 6. The molecule has 108 valence electrons. The zero-order chi connectivity index (χ0) is 14.4. The minimum Gasteiger partial charge on any atom is -0.396 e. The molecule has 1 aromatic rings. The smallest absolute Gasteiger partial charge is 0.315 e. The van der Waals surface area contributed by atoms with Gasteiger partial charge in [-0.25, -0.2) is 4.79 Å². The van der Waals surface area contributed by atoms with Gasteiger partial charge < -0.3 is 15.7 Å². The molecule has 1 atom stereocenters. The van der Waals surface area contributed by atoms with Gasteiger partial charge in [0.25, 0.3) is 0 Å². The summed E-state index contributed by atoms with van der Waals surface area (Å²) in [4.78, 5) is 11.8. The van der Waals surface area contributed by atoms with Gasteiger partial charge in [-0.05, 0) is 26.7 Å². The van der Waals surface area contributed by atoms with Gasteiger partial charge in [0.05, 0.1) is 11.7 Å². The summed E-state index contributed by atoms with van der Waals surface area (Å²) < 4.78 is 1.83. The summed E-state index contributed by atoms with van der Waals surface area (Å²) in [5, 5.41) is 18.7. The van der Waals surface area contributed by atoms with Gasteiger partial charge in [0.15, 0.2) is 0 Å². The van der Waals surface area contributed by atoms with Crippen LogP contribution in [0.4, 0.5) is 4.79 Å². The summed E-state index contributed by atoms with van der Waals surface area (Å²) in [5.74, 6) is 0. The number of aliphatic hydroxyl groups excluding tert-OH is 1. The zero-order valence-electron chi connectivity index (χ0n) is 12.2. The summed E-state index contributed by atoms with van der Waals surface area (Å²) >= 11 is 0. The van der Waals surface area contributed by atoms with Crippen LogP contribution in [0, 0.1) is 13.8 Å². The highest BCUT2D eigenvalue weighted by Gasteiger charge is 2.20. The average Bonchev–Trinajstić information content (AvgIpc) is 2.61. The van der Waals surface area contributed by atoms with Crippen molar-refractivity contribution >= 4 is 6.03 Å². The molecule has 1 unspecified atom stereocenters. The highest BCUT2D eigenvalue weighted by molar-refractivity contribution is 5.74. The van der Waals surface area contributed by atoms with Crippen molar-refractivity contribution in [2.75, 3.05) is 13.2 Å². The van der Waals surface area contributed by atoms with Crippen molar-refractivity contribution in [3.8, 4) is 0 Å². The molecular formula is C13H24N4O2. The van der Waals surface area contributed by atoms with Crippen LogP contribution < -0.4 is 10.6 Å². The standard InChI is InChI=1S/C13H24N4O2/c1-5-11(15-13(19)14-7-6-8-18)12-9(2)16-17(4)10(12)3/h11,18H,5-8H2,1-4H3,(H2,14,15,19). The van der Waals surface area contributed by atoms with E-state index >= 15 is 0 Å². The molecule has 0 radical (unpaired) electrons. The van der Waals surface area contributed by atoms with Crippen molar-refractivity contribution in [2.45, 2.75) is 39.7 Å². The maximum absolute atomic E-state index is 11.8. The van der Waals surface area contributed by atoms with E-state index in [4.69, 9.17) is 5.11 Å². The minimum absolute atomic E-state index is 0.0390. The van der Waals surface area contributed by atoms with Gasteiger partial charge in [-0.15, -0.1) is 0 Å². The van der Waals surface area contributed by atoms with E-state index in [-0.39, 0.29) is 18.7 Å². The number of amides is 2. The molecule has 0 spiro atoms. The highest BCUT2D eigenvalue weighted by atomic mass is 16.3. The fourth-order valence-corrected chi connectivity index (χ4v) is 2.16. The van der Waals surface area contributed by atoms with Crippen LogP contribution in [-0.4, -0.2) is 34.1 Å². The van der Waals surface area contributed by atoms with E-state index in [0.29, 0.717) is 13.0 Å². The van der Waals surface area contributed by atoms with E-state index in [1.165, 1.54) is 0 Å². The third kappa shape index (κ3) is 3.96. The highest BCUT2D eigenvalue weighted by Crippen LogP contribution is 2.23. The van der Waals surface area contributed by atoms with Crippen LogP contribution in [0.5, 0.6) is 0 Å². The SMILES string of the molecule is CCC(NC(=O)NCCCO)c1c(C)nn(C)c1C. The number of carbonyl (C=O) groups is 1. The Balaban J connectivity index is 2.70. The molecular weight excluding hydrogens is 244 g/mol. The Labute approximate surface area is 114 Å². The topological polar surface area (TPSA) is 79.2 Å². The first kappa shape index (κ1) is 15.5. The summed E-state index contributed by atoms with van der Waals surface area (Å²) in [7, 11) is 1.90. The first-order chi connectivity index (χ1) is 9.01. The van der Waals surface area contributed by atoms with Gasteiger partial charge in [-0.1, -0.05) is 6.92 Å². The molecule has 0 saturated heterocycles. The normalized spacial score (nSPS) is 12.3. The zero-order valence-corrected chi connectivity index (χ0v) is 12.2. The fraction of sp³-hybridized carbons (Fsp3) is 0.692. The Hall–Kier alpha value is -1.56. The van der Waals surface area contributed by atoms with Crippen molar-refractivity contribution < 1.29 is 9.90 Å². The molecule has 0 aliphatic heterocycles. The van der Waals surface area contributed by atoms with Crippen LogP contribution in [0.25, 0.3) is 0 Å². The number of carbonyl (C=O) groups excluding carboxylic acids is 1. The van der Waals surface area contributed by atoms with Crippen LogP contribution >= 0.6 is 0 Å². The maximum Gasteiger partial charge on any atom is 0.315 e. The number of nitrogens with zero attached hydrogens (tertiary/aromatic N) is 2. The van der Waals surface area contributed by atoms with E-state index in [2.05, 4.69) is 15.7 Å². The quantitative estimate of drug-likeness (QED) is 0.678. The molecule has 0 aliphatic rings. The number of hydrogen-bond acceptors (Lipinski definition) is 3. The summed E-state index contributed by atoms with van der Waals surface area (Å²) in [6.45, 7) is 6.55.